The summed E-state index contributed by atoms with van der Waals surface area (Å²) in [5.74, 6) is 0.986. The van der Waals surface area contributed by atoms with Gasteiger partial charge in [0.1, 0.15) is 5.82 Å². The molecule has 18 heavy (non-hydrogen) atoms. The van der Waals surface area contributed by atoms with Gasteiger partial charge in [-0.05, 0) is 59.6 Å². The topological polar surface area (TPSA) is 37.8 Å². The zero-order chi connectivity index (χ0) is 13.8. The fourth-order valence-corrected chi connectivity index (χ4v) is 2.07. The molecule has 0 bridgehead atoms. The van der Waals surface area contributed by atoms with Crippen LogP contribution in [0, 0.1) is 13.8 Å². The molecule has 1 rings (SSSR count). The normalized spacial score (nSPS) is 11.9. The minimum Gasteiger partial charge on any atom is -0.312 e. The molecular weight excluding hydrogens is 222 g/mol. The summed E-state index contributed by atoms with van der Waals surface area (Å²) in [6.45, 7) is 13.9. The molecule has 0 atom stereocenters. The number of aryl methyl sites for hydroxylation is 3. The Morgan fingerprint density at radius 3 is 2.00 bits per heavy atom. The van der Waals surface area contributed by atoms with Crippen LogP contribution in [0.2, 0.25) is 0 Å². The van der Waals surface area contributed by atoms with E-state index in [0.717, 1.165) is 43.0 Å². The molecule has 0 aliphatic rings. The summed E-state index contributed by atoms with van der Waals surface area (Å²) < 4.78 is 0. The first-order chi connectivity index (χ1) is 8.33. The highest BCUT2D eigenvalue weighted by Crippen LogP contribution is 2.12. The smallest absolute Gasteiger partial charge is 0.128 e. The average Bonchev–Trinajstić information content (AvgIpc) is 2.21. The molecule has 1 N–H and O–H groups in total. The minimum absolute atomic E-state index is 0.171. The van der Waals surface area contributed by atoms with Gasteiger partial charge in [0.15, 0.2) is 0 Å². The third kappa shape index (κ3) is 4.73. The van der Waals surface area contributed by atoms with Crippen LogP contribution in [0.1, 0.15) is 56.9 Å². The summed E-state index contributed by atoms with van der Waals surface area (Å²) in [5.41, 5.74) is 3.75. The van der Waals surface area contributed by atoms with Crippen LogP contribution in [0.15, 0.2) is 0 Å². The predicted molar refractivity (Wildman–Crippen MR) is 77.0 cm³/mol. The summed E-state index contributed by atoms with van der Waals surface area (Å²) >= 11 is 0. The van der Waals surface area contributed by atoms with E-state index in [1.165, 1.54) is 5.56 Å². The average molecular weight is 249 g/mol. The standard InChI is InChI=1S/C15H27N3/c1-7-8-14-17-11(2)13(12(3)18-14)9-10-16-15(4,5)6/h16H,7-10H2,1-6H3. The maximum Gasteiger partial charge on any atom is 0.128 e. The van der Waals surface area contributed by atoms with Crippen LogP contribution in [-0.4, -0.2) is 22.1 Å². The Morgan fingerprint density at radius 1 is 1.00 bits per heavy atom. The number of nitrogens with zero attached hydrogens (tertiary/aromatic N) is 2. The van der Waals surface area contributed by atoms with E-state index in [9.17, 15) is 0 Å². The van der Waals surface area contributed by atoms with Gasteiger partial charge in [0.05, 0.1) is 0 Å². The molecule has 1 aromatic heterocycles. The van der Waals surface area contributed by atoms with Crippen LogP contribution in [-0.2, 0) is 12.8 Å². The fourth-order valence-electron chi connectivity index (χ4n) is 2.07. The molecular formula is C15H27N3. The highest BCUT2D eigenvalue weighted by atomic mass is 14.9. The first-order valence-corrected chi connectivity index (χ1v) is 6.91. The largest absolute Gasteiger partial charge is 0.312 e. The highest BCUT2D eigenvalue weighted by Gasteiger charge is 2.11. The third-order valence-corrected chi connectivity index (χ3v) is 2.97. The van der Waals surface area contributed by atoms with Gasteiger partial charge in [-0.25, -0.2) is 9.97 Å². The Labute approximate surface area is 111 Å². The van der Waals surface area contributed by atoms with Crippen molar-refractivity contribution >= 4 is 0 Å². The van der Waals surface area contributed by atoms with Crippen LogP contribution in [0.5, 0.6) is 0 Å². The van der Waals surface area contributed by atoms with Crippen molar-refractivity contribution in [1.82, 2.24) is 15.3 Å². The molecule has 1 heterocycles. The number of hydrogen-bond acceptors (Lipinski definition) is 3. The Balaban J connectivity index is 2.71. The molecule has 0 saturated carbocycles. The summed E-state index contributed by atoms with van der Waals surface area (Å²) in [4.78, 5) is 9.20. The van der Waals surface area contributed by atoms with E-state index in [2.05, 4.69) is 56.8 Å². The van der Waals surface area contributed by atoms with Gasteiger partial charge >= 0.3 is 0 Å². The van der Waals surface area contributed by atoms with Crippen LogP contribution in [0.4, 0.5) is 0 Å². The van der Waals surface area contributed by atoms with Crippen LogP contribution >= 0.6 is 0 Å². The lowest BCUT2D eigenvalue weighted by molar-refractivity contribution is 0.429. The van der Waals surface area contributed by atoms with Crippen molar-refractivity contribution in [3.05, 3.63) is 22.8 Å². The number of aromatic nitrogens is 2. The van der Waals surface area contributed by atoms with Gasteiger partial charge in [-0.2, -0.15) is 0 Å². The van der Waals surface area contributed by atoms with E-state index in [1.807, 2.05) is 0 Å². The Hall–Kier alpha value is -0.960. The van der Waals surface area contributed by atoms with Crippen molar-refractivity contribution in [2.24, 2.45) is 0 Å². The highest BCUT2D eigenvalue weighted by molar-refractivity contribution is 5.24. The summed E-state index contributed by atoms with van der Waals surface area (Å²) in [7, 11) is 0. The Morgan fingerprint density at radius 2 is 1.56 bits per heavy atom. The maximum atomic E-state index is 4.60. The number of hydrogen-bond donors (Lipinski definition) is 1. The predicted octanol–water partition coefficient (Wildman–Crippen LogP) is 2.98. The molecule has 0 unspecified atom stereocenters. The molecule has 102 valence electrons. The van der Waals surface area contributed by atoms with Gasteiger partial charge < -0.3 is 5.32 Å². The van der Waals surface area contributed by atoms with E-state index < -0.39 is 0 Å². The van der Waals surface area contributed by atoms with Crippen molar-refractivity contribution in [2.75, 3.05) is 6.54 Å². The second-order valence-corrected chi connectivity index (χ2v) is 5.97. The van der Waals surface area contributed by atoms with Crippen molar-refractivity contribution in [2.45, 2.75) is 66.3 Å². The summed E-state index contributed by atoms with van der Waals surface area (Å²) in [6.07, 6.45) is 3.08. The second kappa shape index (κ2) is 6.28. The molecule has 0 saturated heterocycles. The molecule has 3 nitrogen and oxygen atoms in total. The number of rotatable bonds is 5. The molecule has 0 fully saturated rings. The van der Waals surface area contributed by atoms with Gasteiger partial charge in [0, 0.05) is 23.3 Å². The SMILES string of the molecule is CCCc1nc(C)c(CCNC(C)(C)C)c(C)n1. The third-order valence-electron chi connectivity index (χ3n) is 2.97. The quantitative estimate of drug-likeness (QED) is 0.872. The second-order valence-electron chi connectivity index (χ2n) is 5.97. The number of nitrogens with one attached hydrogen (secondary N) is 1. The van der Waals surface area contributed by atoms with Crippen LogP contribution in [0.25, 0.3) is 0 Å². The maximum absolute atomic E-state index is 4.60. The van der Waals surface area contributed by atoms with E-state index in [1.54, 1.807) is 0 Å². The zero-order valence-electron chi connectivity index (χ0n) is 12.7. The molecule has 0 aromatic carbocycles. The lowest BCUT2D eigenvalue weighted by Crippen LogP contribution is -2.37. The van der Waals surface area contributed by atoms with Crippen molar-refractivity contribution in [1.29, 1.82) is 0 Å². The van der Waals surface area contributed by atoms with E-state index in [0.29, 0.717) is 0 Å². The molecule has 0 spiro atoms. The van der Waals surface area contributed by atoms with Crippen molar-refractivity contribution < 1.29 is 0 Å². The zero-order valence-corrected chi connectivity index (χ0v) is 12.7. The van der Waals surface area contributed by atoms with Crippen LogP contribution < -0.4 is 5.32 Å². The Bertz CT molecular complexity index is 368. The molecule has 1 aromatic rings. The van der Waals surface area contributed by atoms with E-state index >= 15 is 0 Å². The van der Waals surface area contributed by atoms with E-state index in [4.69, 9.17) is 0 Å². The molecule has 0 aliphatic carbocycles. The summed E-state index contributed by atoms with van der Waals surface area (Å²) in [6, 6.07) is 0. The Kier molecular flexibility index (Phi) is 5.27. The van der Waals surface area contributed by atoms with E-state index in [-0.39, 0.29) is 5.54 Å². The van der Waals surface area contributed by atoms with Crippen molar-refractivity contribution in [3.63, 3.8) is 0 Å². The first kappa shape index (κ1) is 15.1. The van der Waals surface area contributed by atoms with Crippen LogP contribution in [0.3, 0.4) is 0 Å². The first-order valence-electron chi connectivity index (χ1n) is 6.91. The molecule has 3 heteroatoms. The van der Waals surface area contributed by atoms with Gasteiger partial charge in [0.2, 0.25) is 0 Å². The molecule has 0 radical (unpaired) electrons. The van der Waals surface area contributed by atoms with Crippen molar-refractivity contribution in [3.8, 4) is 0 Å². The van der Waals surface area contributed by atoms with Gasteiger partial charge in [-0.15, -0.1) is 0 Å². The van der Waals surface area contributed by atoms with Gasteiger partial charge in [-0.3, -0.25) is 0 Å². The van der Waals surface area contributed by atoms with Gasteiger partial charge in [-0.1, -0.05) is 6.92 Å². The monoisotopic (exact) mass is 249 g/mol. The minimum atomic E-state index is 0.171. The molecule has 0 aliphatic heterocycles. The fraction of sp³-hybridized carbons (Fsp3) is 0.733. The lowest BCUT2D eigenvalue weighted by atomic mass is 10.1. The lowest BCUT2D eigenvalue weighted by Gasteiger charge is -2.21. The molecule has 0 amide bonds. The summed E-state index contributed by atoms with van der Waals surface area (Å²) in [5, 5.41) is 3.51. The van der Waals surface area contributed by atoms with Gasteiger partial charge in [0.25, 0.3) is 0 Å².